The minimum atomic E-state index is 0.537. The molecule has 1 aliphatic heterocycles. The number of hydrogen-bond donors (Lipinski definition) is 1. The third kappa shape index (κ3) is 2.48. The van der Waals surface area contributed by atoms with E-state index in [1.807, 2.05) is 0 Å². The fourth-order valence-electron chi connectivity index (χ4n) is 2.94. The highest BCUT2D eigenvalue weighted by Gasteiger charge is 2.33. The van der Waals surface area contributed by atoms with Gasteiger partial charge in [-0.05, 0) is 18.8 Å². The van der Waals surface area contributed by atoms with Crippen LogP contribution in [-0.4, -0.2) is 43.7 Å². The van der Waals surface area contributed by atoms with Crippen LogP contribution in [0.2, 0.25) is 0 Å². The molecule has 2 rings (SSSR count). The van der Waals surface area contributed by atoms with Crippen LogP contribution >= 0.6 is 0 Å². The zero-order valence-electron chi connectivity index (χ0n) is 10.2. The third-order valence-electron chi connectivity index (χ3n) is 3.87. The first-order valence-electron chi connectivity index (χ1n) is 6.38. The van der Waals surface area contributed by atoms with Gasteiger partial charge >= 0.3 is 0 Å². The second kappa shape index (κ2) is 5.53. The van der Waals surface area contributed by atoms with Crippen molar-refractivity contribution in [3.8, 4) is 0 Å². The largest absolute Gasteiger partial charge is 0.383 e. The molecule has 4 heteroatoms. The summed E-state index contributed by atoms with van der Waals surface area (Å²) in [7, 11) is 1.74. The Hall–Kier alpha value is -0.770. The van der Waals surface area contributed by atoms with Gasteiger partial charge in [0.05, 0.1) is 19.2 Å². The molecule has 16 heavy (non-hydrogen) atoms. The first kappa shape index (κ1) is 11.7. The van der Waals surface area contributed by atoms with Crippen LogP contribution in [-0.2, 0) is 4.74 Å². The lowest BCUT2D eigenvalue weighted by atomic mass is 9.83. The van der Waals surface area contributed by atoms with E-state index in [9.17, 15) is 0 Å². The average molecular weight is 225 g/mol. The molecule has 1 fully saturated rings. The van der Waals surface area contributed by atoms with E-state index in [1.54, 1.807) is 7.11 Å². The maximum atomic E-state index is 5.94. The number of nitrogens with zero attached hydrogens (tertiary/aromatic N) is 2. The highest BCUT2D eigenvalue weighted by molar-refractivity contribution is 5.80. The molecular formula is C12H23N3O. The molecule has 1 atom stereocenters. The summed E-state index contributed by atoms with van der Waals surface area (Å²) >= 11 is 0. The Morgan fingerprint density at radius 2 is 2.12 bits per heavy atom. The predicted molar refractivity (Wildman–Crippen MR) is 65.4 cm³/mol. The molecule has 0 aromatic heterocycles. The van der Waals surface area contributed by atoms with Gasteiger partial charge < -0.3 is 15.4 Å². The van der Waals surface area contributed by atoms with Crippen LogP contribution in [0.15, 0.2) is 4.99 Å². The van der Waals surface area contributed by atoms with Crippen LogP contribution in [0.1, 0.15) is 32.1 Å². The van der Waals surface area contributed by atoms with Crippen molar-refractivity contribution in [1.29, 1.82) is 0 Å². The monoisotopic (exact) mass is 225 g/mol. The van der Waals surface area contributed by atoms with Gasteiger partial charge in [-0.2, -0.15) is 0 Å². The van der Waals surface area contributed by atoms with E-state index >= 15 is 0 Å². The normalized spacial score (nSPS) is 27.2. The third-order valence-corrected chi connectivity index (χ3v) is 3.87. The molecule has 1 aliphatic carbocycles. The molecule has 4 nitrogen and oxygen atoms in total. The van der Waals surface area contributed by atoms with Gasteiger partial charge in [0.25, 0.3) is 0 Å². The van der Waals surface area contributed by atoms with E-state index in [-0.39, 0.29) is 0 Å². The summed E-state index contributed by atoms with van der Waals surface area (Å²) < 4.78 is 5.14. The van der Waals surface area contributed by atoms with Crippen molar-refractivity contribution in [3.63, 3.8) is 0 Å². The highest BCUT2D eigenvalue weighted by atomic mass is 16.5. The summed E-state index contributed by atoms with van der Waals surface area (Å²) in [6.07, 6.45) is 6.84. The zero-order valence-corrected chi connectivity index (χ0v) is 10.2. The molecule has 0 aromatic rings. The Bertz CT molecular complexity index is 249. The Balaban J connectivity index is 1.92. The van der Waals surface area contributed by atoms with Gasteiger partial charge in [-0.3, -0.25) is 4.99 Å². The van der Waals surface area contributed by atoms with Crippen molar-refractivity contribution >= 4 is 5.96 Å². The fourth-order valence-corrected chi connectivity index (χ4v) is 2.94. The molecule has 0 bridgehead atoms. The Morgan fingerprint density at radius 1 is 1.38 bits per heavy atom. The van der Waals surface area contributed by atoms with Crippen LogP contribution in [0.25, 0.3) is 0 Å². The van der Waals surface area contributed by atoms with Crippen LogP contribution in [0, 0.1) is 5.92 Å². The van der Waals surface area contributed by atoms with E-state index in [1.165, 1.54) is 32.1 Å². The minimum Gasteiger partial charge on any atom is -0.383 e. The van der Waals surface area contributed by atoms with Crippen molar-refractivity contribution in [2.75, 3.05) is 26.8 Å². The first-order chi connectivity index (χ1) is 7.83. The second-order valence-corrected chi connectivity index (χ2v) is 4.85. The molecule has 2 aliphatic rings. The van der Waals surface area contributed by atoms with E-state index < -0.39 is 0 Å². The summed E-state index contributed by atoms with van der Waals surface area (Å²) in [5.74, 6) is 1.50. The van der Waals surface area contributed by atoms with Crippen LogP contribution < -0.4 is 5.73 Å². The fraction of sp³-hybridized carbons (Fsp3) is 0.917. The number of nitrogens with two attached hydrogens (primary N) is 1. The van der Waals surface area contributed by atoms with Gasteiger partial charge in [-0.15, -0.1) is 0 Å². The molecule has 0 aromatic carbocycles. The van der Waals surface area contributed by atoms with E-state index in [0.29, 0.717) is 12.0 Å². The van der Waals surface area contributed by atoms with Gasteiger partial charge in [0.1, 0.15) is 0 Å². The predicted octanol–water partition coefficient (Wildman–Crippen LogP) is 1.21. The van der Waals surface area contributed by atoms with Crippen molar-refractivity contribution in [1.82, 2.24) is 4.90 Å². The van der Waals surface area contributed by atoms with Gasteiger partial charge in [-0.1, -0.05) is 19.3 Å². The number of ether oxygens (including phenoxy) is 1. The number of methoxy groups -OCH3 is 1. The SMILES string of the molecule is COCCN1C(N)=NCC1C1CCCCC1. The lowest BCUT2D eigenvalue weighted by Crippen LogP contribution is -2.46. The summed E-state index contributed by atoms with van der Waals surface area (Å²) in [4.78, 5) is 6.64. The maximum absolute atomic E-state index is 5.94. The van der Waals surface area contributed by atoms with Crippen molar-refractivity contribution < 1.29 is 4.74 Å². The molecule has 2 N–H and O–H groups in total. The second-order valence-electron chi connectivity index (χ2n) is 4.85. The molecule has 1 heterocycles. The van der Waals surface area contributed by atoms with Crippen LogP contribution in [0.4, 0.5) is 0 Å². The number of rotatable bonds is 4. The number of aliphatic imine (C=N–C) groups is 1. The van der Waals surface area contributed by atoms with Gasteiger partial charge in [-0.25, -0.2) is 0 Å². The summed E-state index contributed by atoms with van der Waals surface area (Å²) in [6, 6.07) is 0.537. The Kier molecular flexibility index (Phi) is 4.04. The van der Waals surface area contributed by atoms with Crippen molar-refractivity contribution in [2.24, 2.45) is 16.6 Å². The molecule has 0 saturated heterocycles. The lowest BCUT2D eigenvalue weighted by Gasteiger charge is -2.34. The van der Waals surface area contributed by atoms with Crippen molar-refractivity contribution in [3.05, 3.63) is 0 Å². The van der Waals surface area contributed by atoms with E-state index in [2.05, 4.69) is 9.89 Å². The first-order valence-corrected chi connectivity index (χ1v) is 6.38. The molecular weight excluding hydrogens is 202 g/mol. The van der Waals surface area contributed by atoms with Gasteiger partial charge in [0.15, 0.2) is 5.96 Å². The zero-order chi connectivity index (χ0) is 11.4. The quantitative estimate of drug-likeness (QED) is 0.782. The topological polar surface area (TPSA) is 50.9 Å². The molecule has 1 saturated carbocycles. The Morgan fingerprint density at radius 3 is 2.81 bits per heavy atom. The van der Waals surface area contributed by atoms with E-state index in [0.717, 1.165) is 25.6 Å². The molecule has 0 spiro atoms. The smallest absolute Gasteiger partial charge is 0.191 e. The summed E-state index contributed by atoms with van der Waals surface area (Å²) in [5.41, 5.74) is 5.94. The number of guanidine groups is 1. The van der Waals surface area contributed by atoms with Crippen molar-refractivity contribution in [2.45, 2.75) is 38.1 Å². The standard InChI is InChI=1S/C12H23N3O/c1-16-8-7-15-11(9-14-12(15)13)10-5-3-2-4-6-10/h10-11H,2-9H2,1H3,(H2,13,14). The number of hydrogen-bond acceptors (Lipinski definition) is 4. The Labute approximate surface area is 97.9 Å². The van der Waals surface area contributed by atoms with Crippen LogP contribution in [0.3, 0.4) is 0 Å². The lowest BCUT2D eigenvalue weighted by molar-refractivity contribution is 0.140. The summed E-state index contributed by atoms with van der Waals surface area (Å²) in [6.45, 7) is 2.51. The minimum absolute atomic E-state index is 0.537. The molecule has 0 amide bonds. The average Bonchev–Trinajstić information content (AvgIpc) is 2.69. The van der Waals surface area contributed by atoms with E-state index in [4.69, 9.17) is 10.5 Å². The maximum Gasteiger partial charge on any atom is 0.191 e. The highest BCUT2D eigenvalue weighted by Crippen LogP contribution is 2.30. The molecule has 0 radical (unpaired) electrons. The van der Waals surface area contributed by atoms with Crippen LogP contribution in [0.5, 0.6) is 0 Å². The van der Waals surface area contributed by atoms with Gasteiger partial charge in [0.2, 0.25) is 0 Å². The van der Waals surface area contributed by atoms with Gasteiger partial charge in [0, 0.05) is 13.7 Å². The molecule has 1 unspecified atom stereocenters. The molecule has 92 valence electrons. The summed E-state index contributed by atoms with van der Waals surface area (Å²) in [5, 5.41) is 0.